The Labute approximate surface area is 194 Å². The van der Waals surface area contributed by atoms with Crippen molar-refractivity contribution in [2.75, 3.05) is 12.4 Å². The number of carbonyl (C=O) groups is 2. The summed E-state index contributed by atoms with van der Waals surface area (Å²) in [5.74, 6) is 0.0454. The molecule has 1 aliphatic heterocycles. The first kappa shape index (κ1) is 22.7. The van der Waals surface area contributed by atoms with Crippen molar-refractivity contribution < 1.29 is 18.7 Å². The molecule has 1 unspecified atom stereocenters. The van der Waals surface area contributed by atoms with Crippen molar-refractivity contribution in [1.82, 2.24) is 20.2 Å². The number of fused-ring (bicyclic) bond motifs is 1. The summed E-state index contributed by atoms with van der Waals surface area (Å²) >= 11 is 1.26. The number of nitrogens with one attached hydrogen (secondary N) is 2. The quantitative estimate of drug-likeness (QED) is 0.310. The zero-order valence-electron chi connectivity index (χ0n) is 18.5. The molecule has 0 radical (unpaired) electrons. The average Bonchev–Trinajstić information content (AvgIpc) is 3.32. The fraction of sp³-hybridized carbons (Fsp3) is 0.304. The van der Waals surface area contributed by atoms with Crippen molar-refractivity contribution in [2.45, 2.75) is 38.0 Å². The minimum Gasteiger partial charge on any atom is -0.467 e. The first-order chi connectivity index (χ1) is 15.9. The third kappa shape index (κ3) is 4.51. The Balaban J connectivity index is 1.76. The lowest BCUT2D eigenvalue weighted by Crippen LogP contribution is -2.46. The topological polar surface area (TPSA) is 115 Å². The first-order valence-electron chi connectivity index (χ1n) is 10.6. The number of esters is 1. The molecule has 2 amide bonds. The van der Waals surface area contributed by atoms with Crippen LogP contribution in [0.5, 0.6) is 0 Å². The lowest BCUT2D eigenvalue weighted by molar-refractivity contribution is -0.139. The summed E-state index contributed by atoms with van der Waals surface area (Å²) in [5, 5.41) is 6.47. The number of hydrogen-bond donors (Lipinski definition) is 2. The molecule has 0 saturated heterocycles. The number of thioether (sulfide) groups is 1. The van der Waals surface area contributed by atoms with Crippen LogP contribution < -0.4 is 16.2 Å². The molecule has 4 rings (SSSR count). The SMILES string of the molecule is CCOC(=O)C1=C(CSc2nc3ccccc3c(=O)n2C(C)C)NC(=O)NC1c1ccco1. The van der Waals surface area contributed by atoms with E-state index < -0.39 is 18.0 Å². The standard InChI is InChI=1S/C23H24N4O5S/c1-4-31-21(29)18-16(24-22(30)26-19(18)17-10-7-11-32-17)12-33-23-25-15-9-6-5-8-14(15)20(28)27(23)13(2)3/h5-11,13,19H,4,12H2,1-3H3,(H2,24,26,30). The Hall–Kier alpha value is -3.53. The van der Waals surface area contributed by atoms with Crippen molar-refractivity contribution in [3.05, 3.63) is 70.0 Å². The van der Waals surface area contributed by atoms with E-state index in [0.29, 0.717) is 27.5 Å². The molecule has 3 heterocycles. The van der Waals surface area contributed by atoms with Gasteiger partial charge in [0.05, 0.1) is 29.3 Å². The Morgan fingerprint density at radius 1 is 1.24 bits per heavy atom. The van der Waals surface area contributed by atoms with E-state index >= 15 is 0 Å². The van der Waals surface area contributed by atoms with E-state index in [2.05, 4.69) is 15.6 Å². The predicted octanol–water partition coefficient (Wildman–Crippen LogP) is 3.53. The summed E-state index contributed by atoms with van der Waals surface area (Å²) in [4.78, 5) is 43.0. The van der Waals surface area contributed by atoms with Gasteiger partial charge in [0.1, 0.15) is 11.8 Å². The molecule has 0 aliphatic carbocycles. The minimum atomic E-state index is -0.791. The zero-order chi connectivity index (χ0) is 23.5. The van der Waals surface area contributed by atoms with Crippen LogP contribution in [0.25, 0.3) is 10.9 Å². The van der Waals surface area contributed by atoms with Gasteiger partial charge in [-0.2, -0.15) is 0 Å². The molecule has 3 aromatic rings. The molecule has 10 heteroatoms. The van der Waals surface area contributed by atoms with E-state index in [9.17, 15) is 14.4 Å². The third-order valence-corrected chi connectivity index (χ3v) is 6.09. The van der Waals surface area contributed by atoms with E-state index in [1.165, 1.54) is 18.0 Å². The van der Waals surface area contributed by atoms with Gasteiger partial charge < -0.3 is 19.8 Å². The van der Waals surface area contributed by atoms with Crippen molar-refractivity contribution >= 4 is 34.7 Å². The van der Waals surface area contributed by atoms with Crippen LogP contribution in [0.1, 0.15) is 38.6 Å². The largest absolute Gasteiger partial charge is 0.467 e. The highest BCUT2D eigenvalue weighted by atomic mass is 32.2. The number of carbonyl (C=O) groups excluding carboxylic acids is 2. The Morgan fingerprint density at radius 3 is 2.73 bits per heavy atom. The van der Waals surface area contributed by atoms with Gasteiger partial charge in [0, 0.05) is 17.5 Å². The lowest BCUT2D eigenvalue weighted by atomic mass is 10.0. The number of amides is 2. The predicted molar refractivity (Wildman–Crippen MR) is 124 cm³/mol. The van der Waals surface area contributed by atoms with Crippen LogP contribution in [0.15, 0.2) is 68.3 Å². The maximum Gasteiger partial charge on any atom is 0.338 e. The van der Waals surface area contributed by atoms with Gasteiger partial charge in [-0.1, -0.05) is 23.9 Å². The monoisotopic (exact) mass is 468 g/mol. The Kier molecular flexibility index (Phi) is 6.55. The molecule has 9 nitrogen and oxygen atoms in total. The second-order valence-electron chi connectivity index (χ2n) is 7.63. The molecule has 1 atom stereocenters. The van der Waals surface area contributed by atoms with Crippen molar-refractivity contribution in [3.8, 4) is 0 Å². The van der Waals surface area contributed by atoms with Crippen LogP contribution in [-0.2, 0) is 9.53 Å². The number of hydrogen-bond acceptors (Lipinski definition) is 7. The molecule has 33 heavy (non-hydrogen) atoms. The summed E-state index contributed by atoms with van der Waals surface area (Å²) in [6, 6.07) is 9.14. The van der Waals surface area contributed by atoms with E-state index in [1.807, 2.05) is 19.9 Å². The lowest BCUT2D eigenvalue weighted by Gasteiger charge is -2.28. The molecule has 0 saturated carbocycles. The van der Waals surface area contributed by atoms with Gasteiger partial charge in [0.25, 0.3) is 5.56 Å². The second-order valence-corrected chi connectivity index (χ2v) is 8.57. The fourth-order valence-electron chi connectivity index (χ4n) is 3.67. The van der Waals surface area contributed by atoms with Gasteiger partial charge in [-0.25, -0.2) is 14.6 Å². The number of benzene rings is 1. The Morgan fingerprint density at radius 2 is 2.03 bits per heavy atom. The molecule has 0 fully saturated rings. The molecule has 2 aromatic heterocycles. The Bertz CT molecular complexity index is 1280. The number of aromatic nitrogens is 2. The summed E-state index contributed by atoms with van der Waals surface area (Å²) < 4.78 is 12.3. The van der Waals surface area contributed by atoms with Gasteiger partial charge in [0.2, 0.25) is 0 Å². The van der Waals surface area contributed by atoms with Crippen LogP contribution in [0, 0.1) is 0 Å². The molecule has 1 aliphatic rings. The van der Waals surface area contributed by atoms with Crippen LogP contribution in [-0.4, -0.2) is 33.9 Å². The van der Waals surface area contributed by atoms with Crippen LogP contribution in [0.4, 0.5) is 4.79 Å². The van der Waals surface area contributed by atoms with E-state index in [-0.39, 0.29) is 29.5 Å². The summed E-state index contributed by atoms with van der Waals surface area (Å²) in [6.07, 6.45) is 1.47. The molecule has 172 valence electrons. The van der Waals surface area contributed by atoms with Crippen molar-refractivity contribution in [3.63, 3.8) is 0 Å². The number of ether oxygens (including phenoxy) is 1. The molecule has 2 N–H and O–H groups in total. The van der Waals surface area contributed by atoms with Gasteiger partial charge in [-0.3, -0.25) is 9.36 Å². The average molecular weight is 469 g/mol. The number of urea groups is 1. The maximum atomic E-state index is 13.1. The van der Waals surface area contributed by atoms with Crippen LogP contribution >= 0.6 is 11.8 Å². The normalized spacial score (nSPS) is 16.1. The molecule has 0 spiro atoms. The number of para-hydroxylation sites is 1. The first-order valence-corrected chi connectivity index (χ1v) is 11.5. The summed E-state index contributed by atoms with van der Waals surface area (Å²) in [6.45, 7) is 5.71. The zero-order valence-corrected chi connectivity index (χ0v) is 19.3. The molecular formula is C23H24N4O5S. The maximum absolute atomic E-state index is 13.1. The van der Waals surface area contributed by atoms with Crippen molar-refractivity contribution in [1.29, 1.82) is 0 Å². The van der Waals surface area contributed by atoms with E-state index in [0.717, 1.165) is 0 Å². The van der Waals surface area contributed by atoms with Gasteiger partial charge in [-0.05, 0) is 45.0 Å². The van der Waals surface area contributed by atoms with Crippen LogP contribution in [0.2, 0.25) is 0 Å². The highest BCUT2D eigenvalue weighted by Crippen LogP contribution is 2.31. The number of rotatable bonds is 7. The summed E-state index contributed by atoms with van der Waals surface area (Å²) in [7, 11) is 0. The van der Waals surface area contributed by atoms with Crippen molar-refractivity contribution in [2.24, 2.45) is 0 Å². The molecular weight excluding hydrogens is 444 g/mol. The van der Waals surface area contributed by atoms with E-state index in [1.54, 1.807) is 41.8 Å². The smallest absolute Gasteiger partial charge is 0.338 e. The number of nitrogens with zero attached hydrogens (tertiary/aromatic N) is 2. The third-order valence-electron chi connectivity index (χ3n) is 5.11. The van der Waals surface area contributed by atoms with Gasteiger partial charge in [-0.15, -0.1) is 0 Å². The summed E-state index contributed by atoms with van der Waals surface area (Å²) in [5.41, 5.74) is 1.07. The van der Waals surface area contributed by atoms with Gasteiger partial charge >= 0.3 is 12.0 Å². The minimum absolute atomic E-state index is 0.130. The number of furan rings is 1. The highest BCUT2D eigenvalue weighted by molar-refractivity contribution is 7.99. The highest BCUT2D eigenvalue weighted by Gasteiger charge is 2.35. The molecule has 1 aromatic carbocycles. The van der Waals surface area contributed by atoms with E-state index in [4.69, 9.17) is 9.15 Å². The van der Waals surface area contributed by atoms with Crippen LogP contribution in [0.3, 0.4) is 0 Å². The molecule has 0 bridgehead atoms. The van der Waals surface area contributed by atoms with Gasteiger partial charge in [0.15, 0.2) is 5.16 Å². The second kappa shape index (κ2) is 9.53. The fourth-order valence-corrected chi connectivity index (χ4v) is 4.77.